The van der Waals surface area contributed by atoms with Gasteiger partial charge in [0, 0.05) is 18.2 Å². The lowest BCUT2D eigenvalue weighted by atomic mass is 10.2. The van der Waals surface area contributed by atoms with Crippen molar-refractivity contribution in [2.24, 2.45) is 0 Å². The standard InChI is InChI=1S/C14H20BrNO/c1-10(2)9-17-14-12(8-16-11(3)4)6-5-7-13(14)15/h5-7,11,16H,1,8-9H2,2-4H3. The van der Waals surface area contributed by atoms with Gasteiger partial charge in [0.2, 0.25) is 0 Å². The molecule has 0 aliphatic carbocycles. The third kappa shape index (κ3) is 4.92. The molecule has 1 rings (SSSR count). The molecule has 0 bridgehead atoms. The number of para-hydroxylation sites is 1. The van der Waals surface area contributed by atoms with Crippen molar-refractivity contribution in [3.63, 3.8) is 0 Å². The van der Waals surface area contributed by atoms with E-state index >= 15 is 0 Å². The molecule has 1 N–H and O–H groups in total. The summed E-state index contributed by atoms with van der Waals surface area (Å²) >= 11 is 3.52. The van der Waals surface area contributed by atoms with Crippen molar-refractivity contribution in [1.29, 1.82) is 0 Å². The van der Waals surface area contributed by atoms with Crippen molar-refractivity contribution in [2.75, 3.05) is 6.61 Å². The van der Waals surface area contributed by atoms with E-state index in [1.807, 2.05) is 19.1 Å². The molecule has 3 heteroatoms. The molecule has 0 saturated heterocycles. The highest BCUT2D eigenvalue weighted by atomic mass is 79.9. The van der Waals surface area contributed by atoms with E-state index in [2.05, 4.69) is 47.7 Å². The van der Waals surface area contributed by atoms with E-state index in [1.54, 1.807) is 0 Å². The summed E-state index contributed by atoms with van der Waals surface area (Å²) in [5.74, 6) is 0.906. The summed E-state index contributed by atoms with van der Waals surface area (Å²) in [4.78, 5) is 0. The first-order valence-corrected chi connectivity index (χ1v) is 6.58. The summed E-state index contributed by atoms with van der Waals surface area (Å²) in [6.45, 7) is 11.4. The van der Waals surface area contributed by atoms with Crippen LogP contribution in [0, 0.1) is 0 Å². The number of benzene rings is 1. The number of ether oxygens (including phenoxy) is 1. The monoisotopic (exact) mass is 297 g/mol. The summed E-state index contributed by atoms with van der Waals surface area (Å²) < 4.78 is 6.76. The largest absolute Gasteiger partial charge is 0.488 e. The fourth-order valence-electron chi connectivity index (χ4n) is 1.36. The van der Waals surface area contributed by atoms with Crippen LogP contribution in [-0.4, -0.2) is 12.6 Å². The van der Waals surface area contributed by atoms with Gasteiger partial charge >= 0.3 is 0 Å². The van der Waals surface area contributed by atoms with Gasteiger partial charge in [-0.25, -0.2) is 0 Å². The second kappa shape index (κ2) is 6.82. The van der Waals surface area contributed by atoms with Gasteiger partial charge in [0.1, 0.15) is 12.4 Å². The number of nitrogens with one attached hydrogen (secondary N) is 1. The lowest BCUT2D eigenvalue weighted by Gasteiger charge is -2.15. The van der Waals surface area contributed by atoms with Crippen LogP contribution in [0.4, 0.5) is 0 Å². The van der Waals surface area contributed by atoms with Crippen molar-refractivity contribution in [3.8, 4) is 5.75 Å². The minimum absolute atomic E-state index is 0.461. The maximum absolute atomic E-state index is 5.78. The van der Waals surface area contributed by atoms with Crippen LogP contribution < -0.4 is 10.1 Å². The molecule has 1 aromatic carbocycles. The van der Waals surface area contributed by atoms with Crippen molar-refractivity contribution in [2.45, 2.75) is 33.4 Å². The van der Waals surface area contributed by atoms with Crippen LogP contribution in [0.5, 0.6) is 5.75 Å². The van der Waals surface area contributed by atoms with E-state index in [-0.39, 0.29) is 0 Å². The highest BCUT2D eigenvalue weighted by Crippen LogP contribution is 2.29. The molecule has 2 nitrogen and oxygen atoms in total. The minimum atomic E-state index is 0.461. The highest BCUT2D eigenvalue weighted by Gasteiger charge is 2.08. The topological polar surface area (TPSA) is 21.3 Å². The molecule has 0 spiro atoms. The Morgan fingerprint density at radius 1 is 1.47 bits per heavy atom. The average Bonchev–Trinajstić information content (AvgIpc) is 2.24. The normalized spacial score (nSPS) is 10.6. The SMILES string of the molecule is C=C(C)COc1c(Br)cccc1CNC(C)C. The van der Waals surface area contributed by atoms with Gasteiger partial charge in [-0.2, -0.15) is 0 Å². The van der Waals surface area contributed by atoms with Crippen LogP contribution in [0.15, 0.2) is 34.8 Å². The molecule has 0 unspecified atom stereocenters. The second-order valence-corrected chi connectivity index (χ2v) is 5.36. The molecule has 0 atom stereocenters. The van der Waals surface area contributed by atoms with Gasteiger partial charge in [0.05, 0.1) is 4.47 Å². The molecule has 0 saturated carbocycles. The third-order valence-electron chi connectivity index (χ3n) is 2.21. The van der Waals surface area contributed by atoms with Crippen molar-refractivity contribution in [3.05, 3.63) is 40.4 Å². The van der Waals surface area contributed by atoms with Crippen LogP contribution in [0.3, 0.4) is 0 Å². The summed E-state index contributed by atoms with van der Waals surface area (Å²) in [5.41, 5.74) is 2.18. The molecule has 0 heterocycles. The van der Waals surface area contributed by atoms with Gasteiger partial charge in [-0.3, -0.25) is 0 Å². The van der Waals surface area contributed by atoms with Crippen molar-refractivity contribution >= 4 is 15.9 Å². The molecule has 0 aromatic heterocycles. The summed E-state index contributed by atoms with van der Waals surface area (Å²) in [5, 5.41) is 3.39. The molecule has 0 radical (unpaired) electrons. The van der Waals surface area contributed by atoms with E-state index in [9.17, 15) is 0 Å². The Morgan fingerprint density at radius 2 is 2.18 bits per heavy atom. The molecule has 0 amide bonds. The zero-order valence-electron chi connectivity index (χ0n) is 10.7. The Hall–Kier alpha value is -0.800. The van der Waals surface area contributed by atoms with Crippen molar-refractivity contribution in [1.82, 2.24) is 5.32 Å². The average molecular weight is 298 g/mol. The predicted molar refractivity (Wildman–Crippen MR) is 76.4 cm³/mol. The lowest BCUT2D eigenvalue weighted by Crippen LogP contribution is -2.22. The molecule has 0 aliphatic rings. The van der Waals surface area contributed by atoms with E-state index in [0.29, 0.717) is 12.6 Å². The quantitative estimate of drug-likeness (QED) is 0.804. The van der Waals surface area contributed by atoms with Crippen LogP contribution in [0.1, 0.15) is 26.3 Å². The Bertz CT molecular complexity index is 388. The van der Waals surface area contributed by atoms with Crippen molar-refractivity contribution < 1.29 is 4.74 Å². The Morgan fingerprint density at radius 3 is 2.76 bits per heavy atom. The number of hydrogen-bond acceptors (Lipinski definition) is 2. The van der Waals surface area contributed by atoms with Gasteiger partial charge in [0.25, 0.3) is 0 Å². The number of hydrogen-bond donors (Lipinski definition) is 1. The van der Waals surface area contributed by atoms with Gasteiger partial charge in [-0.05, 0) is 34.5 Å². The predicted octanol–water partition coefficient (Wildman–Crippen LogP) is 3.90. The summed E-state index contributed by atoms with van der Waals surface area (Å²) in [6.07, 6.45) is 0. The van der Waals surface area contributed by atoms with E-state index in [1.165, 1.54) is 0 Å². The lowest BCUT2D eigenvalue weighted by molar-refractivity contribution is 0.345. The van der Waals surface area contributed by atoms with E-state index < -0.39 is 0 Å². The molecule has 94 valence electrons. The smallest absolute Gasteiger partial charge is 0.138 e. The van der Waals surface area contributed by atoms with Crippen LogP contribution in [0.25, 0.3) is 0 Å². The Labute approximate surface area is 112 Å². The van der Waals surface area contributed by atoms with E-state index in [4.69, 9.17) is 4.74 Å². The maximum atomic E-state index is 5.78. The van der Waals surface area contributed by atoms with E-state index in [0.717, 1.165) is 27.9 Å². The second-order valence-electron chi connectivity index (χ2n) is 4.51. The maximum Gasteiger partial charge on any atom is 0.138 e. The van der Waals surface area contributed by atoms with Gasteiger partial charge in [0.15, 0.2) is 0 Å². The first-order valence-electron chi connectivity index (χ1n) is 5.78. The molecular weight excluding hydrogens is 278 g/mol. The fraction of sp³-hybridized carbons (Fsp3) is 0.429. The summed E-state index contributed by atoms with van der Waals surface area (Å²) in [7, 11) is 0. The zero-order valence-corrected chi connectivity index (χ0v) is 12.3. The highest BCUT2D eigenvalue weighted by molar-refractivity contribution is 9.10. The van der Waals surface area contributed by atoms with Gasteiger partial charge in [-0.15, -0.1) is 0 Å². The number of rotatable bonds is 6. The Kier molecular flexibility index (Phi) is 5.72. The molecule has 1 aromatic rings. The minimum Gasteiger partial charge on any atom is -0.488 e. The molecule has 0 aliphatic heterocycles. The van der Waals surface area contributed by atoms with Gasteiger partial charge in [-0.1, -0.05) is 32.6 Å². The molecular formula is C14H20BrNO. The van der Waals surface area contributed by atoms with Crippen LogP contribution in [-0.2, 0) is 6.54 Å². The molecule has 17 heavy (non-hydrogen) atoms. The Balaban J connectivity index is 2.80. The fourth-order valence-corrected chi connectivity index (χ4v) is 1.89. The first-order chi connectivity index (χ1) is 8.00. The van der Waals surface area contributed by atoms with Crippen LogP contribution >= 0.6 is 15.9 Å². The van der Waals surface area contributed by atoms with Gasteiger partial charge < -0.3 is 10.1 Å². The number of halogens is 1. The third-order valence-corrected chi connectivity index (χ3v) is 2.84. The molecule has 0 fully saturated rings. The summed E-state index contributed by atoms with van der Waals surface area (Å²) in [6, 6.07) is 6.55. The first kappa shape index (κ1) is 14.3. The van der Waals surface area contributed by atoms with Crippen LogP contribution in [0.2, 0.25) is 0 Å². The zero-order chi connectivity index (χ0) is 12.8.